The maximum absolute atomic E-state index is 12.6. The molecule has 0 bridgehead atoms. The van der Waals surface area contributed by atoms with E-state index in [9.17, 15) is 4.79 Å². The van der Waals surface area contributed by atoms with E-state index in [1.165, 1.54) is 11.0 Å². The first-order chi connectivity index (χ1) is 11.8. The fourth-order valence-corrected chi connectivity index (χ4v) is 2.50. The number of nitrogens with one attached hydrogen (secondary N) is 1. The van der Waals surface area contributed by atoms with Crippen LogP contribution in [0.3, 0.4) is 0 Å². The van der Waals surface area contributed by atoms with E-state index >= 15 is 0 Å². The van der Waals surface area contributed by atoms with Crippen molar-refractivity contribution in [3.63, 3.8) is 0 Å². The molecule has 4 aromatic rings. The number of anilines is 1. The SMILES string of the molecule is O=C(Nc1cccc(-n2cnnn2)c1)c1nccc2ccccc12. The quantitative estimate of drug-likeness (QED) is 0.627. The van der Waals surface area contributed by atoms with Crippen molar-refractivity contribution in [2.24, 2.45) is 0 Å². The van der Waals surface area contributed by atoms with Crippen LogP contribution in [0.4, 0.5) is 5.69 Å². The molecule has 1 amide bonds. The topological polar surface area (TPSA) is 85.6 Å². The van der Waals surface area contributed by atoms with Gasteiger partial charge in [0, 0.05) is 17.3 Å². The minimum absolute atomic E-state index is 0.263. The number of rotatable bonds is 3. The molecule has 0 saturated heterocycles. The van der Waals surface area contributed by atoms with Gasteiger partial charge >= 0.3 is 0 Å². The molecule has 0 aliphatic heterocycles. The fourth-order valence-electron chi connectivity index (χ4n) is 2.50. The molecule has 1 N–H and O–H groups in total. The summed E-state index contributed by atoms with van der Waals surface area (Å²) in [5.74, 6) is -0.263. The Morgan fingerprint density at radius 1 is 1.04 bits per heavy atom. The number of carbonyl (C=O) groups excluding carboxylic acids is 1. The second-order valence-electron chi connectivity index (χ2n) is 5.14. The van der Waals surface area contributed by atoms with Crippen LogP contribution in [0, 0.1) is 0 Å². The number of tetrazole rings is 1. The highest BCUT2D eigenvalue weighted by Gasteiger charge is 2.12. The zero-order valence-corrected chi connectivity index (χ0v) is 12.5. The number of aromatic nitrogens is 5. The number of nitrogens with zero attached hydrogens (tertiary/aromatic N) is 5. The molecule has 0 fully saturated rings. The fraction of sp³-hybridized carbons (Fsp3) is 0. The minimum atomic E-state index is -0.263. The molecule has 2 aromatic carbocycles. The number of pyridine rings is 1. The molecule has 0 spiro atoms. The average Bonchev–Trinajstić information content (AvgIpc) is 3.16. The number of fused-ring (bicyclic) bond motifs is 1. The highest BCUT2D eigenvalue weighted by Crippen LogP contribution is 2.19. The Morgan fingerprint density at radius 3 is 2.83 bits per heavy atom. The second kappa shape index (κ2) is 5.88. The molecule has 0 radical (unpaired) electrons. The van der Waals surface area contributed by atoms with Crippen LogP contribution < -0.4 is 5.32 Å². The van der Waals surface area contributed by atoms with E-state index in [1.54, 1.807) is 18.3 Å². The van der Waals surface area contributed by atoms with E-state index < -0.39 is 0 Å². The summed E-state index contributed by atoms with van der Waals surface area (Å²) in [4.78, 5) is 16.8. The summed E-state index contributed by atoms with van der Waals surface area (Å²) >= 11 is 0. The molecule has 4 rings (SSSR count). The molecular formula is C17H12N6O. The first-order valence-electron chi connectivity index (χ1n) is 7.30. The zero-order valence-electron chi connectivity index (χ0n) is 12.5. The van der Waals surface area contributed by atoms with Gasteiger partial charge in [0.25, 0.3) is 5.91 Å². The zero-order chi connectivity index (χ0) is 16.4. The largest absolute Gasteiger partial charge is 0.321 e. The van der Waals surface area contributed by atoms with Gasteiger partial charge in [0.1, 0.15) is 12.0 Å². The van der Waals surface area contributed by atoms with Gasteiger partial charge in [-0.2, -0.15) is 0 Å². The molecule has 116 valence electrons. The second-order valence-corrected chi connectivity index (χ2v) is 5.14. The minimum Gasteiger partial charge on any atom is -0.321 e. The maximum Gasteiger partial charge on any atom is 0.274 e. The summed E-state index contributed by atoms with van der Waals surface area (Å²) < 4.78 is 1.52. The van der Waals surface area contributed by atoms with Crippen molar-refractivity contribution in [3.05, 3.63) is 72.8 Å². The van der Waals surface area contributed by atoms with Gasteiger partial charge < -0.3 is 5.32 Å². The summed E-state index contributed by atoms with van der Waals surface area (Å²) in [6.07, 6.45) is 3.13. The number of hydrogen-bond acceptors (Lipinski definition) is 5. The summed E-state index contributed by atoms with van der Waals surface area (Å²) in [5, 5.41) is 15.7. The Balaban J connectivity index is 1.66. The lowest BCUT2D eigenvalue weighted by Gasteiger charge is -2.08. The summed E-state index contributed by atoms with van der Waals surface area (Å²) in [7, 11) is 0. The molecular weight excluding hydrogens is 304 g/mol. The third-order valence-corrected chi connectivity index (χ3v) is 3.61. The number of amides is 1. The molecule has 2 heterocycles. The first kappa shape index (κ1) is 14.0. The van der Waals surface area contributed by atoms with Crippen LogP contribution in [0.2, 0.25) is 0 Å². The molecule has 0 unspecified atom stereocenters. The summed E-state index contributed by atoms with van der Waals surface area (Å²) in [6.45, 7) is 0. The molecule has 0 aliphatic carbocycles. The monoisotopic (exact) mass is 316 g/mol. The van der Waals surface area contributed by atoms with Crippen molar-refractivity contribution < 1.29 is 4.79 Å². The Kier molecular flexibility index (Phi) is 3.43. The van der Waals surface area contributed by atoms with Gasteiger partial charge in [0.2, 0.25) is 0 Å². The van der Waals surface area contributed by atoms with E-state index in [2.05, 4.69) is 25.8 Å². The highest BCUT2D eigenvalue weighted by atomic mass is 16.1. The van der Waals surface area contributed by atoms with Crippen molar-refractivity contribution in [2.75, 3.05) is 5.32 Å². The van der Waals surface area contributed by atoms with Gasteiger partial charge in [0.15, 0.2) is 0 Å². The van der Waals surface area contributed by atoms with Crippen molar-refractivity contribution in [1.29, 1.82) is 0 Å². The number of carbonyl (C=O) groups is 1. The molecule has 7 nitrogen and oxygen atoms in total. The Hall–Kier alpha value is -3.61. The third-order valence-electron chi connectivity index (χ3n) is 3.61. The lowest BCUT2D eigenvalue weighted by molar-refractivity contribution is 0.102. The summed E-state index contributed by atoms with van der Waals surface area (Å²) in [5.41, 5.74) is 1.78. The molecule has 0 atom stereocenters. The molecule has 24 heavy (non-hydrogen) atoms. The molecule has 0 aliphatic rings. The van der Waals surface area contributed by atoms with Crippen LogP contribution in [0.1, 0.15) is 10.5 Å². The van der Waals surface area contributed by atoms with Crippen molar-refractivity contribution in [1.82, 2.24) is 25.2 Å². The van der Waals surface area contributed by atoms with Crippen LogP contribution in [0.5, 0.6) is 0 Å². The lowest BCUT2D eigenvalue weighted by Crippen LogP contribution is -2.14. The van der Waals surface area contributed by atoms with Gasteiger partial charge in [-0.1, -0.05) is 30.3 Å². The van der Waals surface area contributed by atoms with Crippen LogP contribution in [-0.2, 0) is 0 Å². The smallest absolute Gasteiger partial charge is 0.274 e. The van der Waals surface area contributed by atoms with Gasteiger partial charge in [-0.25, -0.2) is 4.68 Å². The lowest BCUT2D eigenvalue weighted by atomic mass is 10.1. The maximum atomic E-state index is 12.6. The van der Waals surface area contributed by atoms with E-state index in [4.69, 9.17) is 0 Å². The molecule has 0 saturated carbocycles. The van der Waals surface area contributed by atoms with Gasteiger partial charge in [0.05, 0.1) is 5.69 Å². The first-order valence-corrected chi connectivity index (χ1v) is 7.30. The molecule has 2 aromatic heterocycles. The van der Waals surface area contributed by atoms with Crippen molar-refractivity contribution in [3.8, 4) is 5.69 Å². The normalized spacial score (nSPS) is 10.7. The predicted molar refractivity (Wildman–Crippen MR) is 88.9 cm³/mol. The van der Waals surface area contributed by atoms with Crippen LogP contribution >= 0.6 is 0 Å². The van der Waals surface area contributed by atoms with Crippen LogP contribution in [0.15, 0.2) is 67.1 Å². The van der Waals surface area contributed by atoms with Crippen LogP contribution in [0.25, 0.3) is 16.5 Å². The van der Waals surface area contributed by atoms with Gasteiger partial charge in [-0.05, 0) is 40.1 Å². The Bertz CT molecular complexity index is 1010. The highest BCUT2D eigenvalue weighted by molar-refractivity contribution is 6.11. The predicted octanol–water partition coefficient (Wildman–Crippen LogP) is 2.46. The standard InChI is InChI=1S/C17H12N6O/c24-17(16-15-7-2-1-4-12(15)8-9-18-16)20-13-5-3-6-14(10-13)23-11-19-21-22-23/h1-11H,(H,20,24). The van der Waals surface area contributed by atoms with E-state index in [1.807, 2.05) is 42.5 Å². The van der Waals surface area contributed by atoms with Crippen LogP contribution in [-0.4, -0.2) is 31.1 Å². The summed E-state index contributed by atoms with van der Waals surface area (Å²) in [6, 6.07) is 16.8. The van der Waals surface area contributed by atoms with Gasteiger partial charge in [-0.15, -0.1) is 5.10 Å². The Labute approximate surface area is 137 Å². The third kappa shape index (κ3) is 2.58. The van der Waals surface area contributed by atoms with Crippen molar-refractivity contribution >= 4 is 22.4 Å². The molecule has 7 heteroatoms. The van der Waals surface area contributed by atoms with E-state index in [0.717, 1.165) is 16.5 Å². The van der Waals surface area contributed by atoms with E-state index in [-0.39, 0.29) is 5.91 Å². The van der Waals surface area contributed by atoms with Gasteiger partial charge in [-0.3, -0.25) is 9.78 Å². The number of hydrogen-bond donors (Lipinski definition) is 1. The Morgan fingerprint density at radius 2 is 1.96 bits per heavy atom. The van der Waals surface area contributed by atoms with Crippen molar-refractivity contribution in [2.45, 2.75) is 0 Å². The van der Waals surface area contributed by atoms with E-state index in [0.29, 0.717) is 11.4 Å². The number of benzene rings is 2. The average molecular weight is 316 g/mol.